The van der Waals surface area contributed by atoms with Gasteiger partial charge in [-0.25, -0.2) is 8.42 Å². The monoisotopic (exact) mass is 522 g/mol. The van der Waals surface area contributed by atoms with Gasteiger partial charge in [0.2, 0.25) is 5.91 Å². The molecule has 32 heavy (non-hydrogen) atoms. The Morgan fingerprint density at radius 3 is 2.28 bits per heavy atom. The molecule has 6 nitrogen and oxygen atoms in total. The lowest BCUT2D eigenvalue weighted by Crippen LogP contribution is -2.44. The maximum atomic E-state index is 13.6. The smallest absolute Gasteiger partial charge is 0.264 e. The molecule has 8 heteroatoms. The minimum atomic E-state index is -3.98. The summed E-state index contributed by atoms with van der Waals surface area (Å²) < 4.78 is 34.1. The highest BCUT2D eigenvalue weighted by Gasteiger charge is 2.28. The van der Waals surface area contributed by atoms with Crippen LogP contribution in [0.4, 0.5) is 5.69 Å². The first-order chi connectivity index (χ1) is 15.3. The lowest BCUT2D eigenvalue weighted by atomic mass is 9.97. The lowest BCUT2D eigenvalue weighted by molar-refractivity contribution is -0.120. The first kappa shape index (κ1) is 24.6. The number of anilines is 1. The van der Waals surface area contributed by atoms with Gasteiger partial charge in [-0.1, -0.05) is 49.8 Å². The third kappa shape index (κ3) is 6.25. The number of halogens is 1. The van der Waals surface area contributed by atoms with E-state index in [1.165, 1.54) is 42.8 Å². The maximum absolute atomic E-state index is 13.6. The van der Waals surface area contributed by atoms with Crippen LogP contribution < -0.4 is 14.4 Å². The minimum absolute atomic E-state index is 0.0875. The topological polar surface area (TPSA) is 75.7 Å². The minimum Gasteiger partial charge on any atom is -0.496 e. The highest BCUT2D eigenvalue weighted by molar-refractivity contribution is 9.10. The number of nitrogens with zero attached hydrogens (tertiary/aromatic N) is 1. The molecule has 0 unspecified atom stereocenters. The van der Waals surface area contributed by atoms with Crippen molar-refractivity contribution in [3.63, 3.8) is 0 Å². The van der Waals surface area contributed by atoms with Crippen LogP contribution in [0, 0.1) is 6.92 Å². The molecule has 1 fully saturated rings. The van der Waals surface area contributed by atoms with Crippen molar-refractivity contribution in [2.24, 2.45) is 0 Å². The SMILES string of the molecule is COc1ccc(S(=O)(=O)N(CC(=O)NC2CCCCCCC2)c2ccc(C)cc2)cc1Br. The molecular weight excluding hydrogens is 492 g/mol. The van der Waals surface area contributed by atoms with Crippen LogP contribution in [0.25, 0.3) is 0 Å². The lowest BCUT2D eigenvalue weighted by Gasteiger charge is -2.26. The van der Waals surface area contributed by atoms with Crippen molar-refractivity contribution in [3.8, 4) is 5.75 Å². The number of sulfonamides is 1. The fraction of sp³-hybridized carbons (Fsp3) is 0.458. The molecular formula is C24H31BrN2O4S. The Morgan fingerprint density at radius 1 is 1.06 bits per heavy atom. The number of carbonyl (C=O) groups excluding carboxylic acids is 1. The fourth-order valence-corrected chi connectivity index (χ4v) is 6.11. The zero-order valence-electron chi connectivity index (χ0n) is 18.6. The molecule has 174 valence electrons. The number of nitrogens with one attached hydrogen (secondary N) is 1. The summed E-state index contributed by atoms with van der Waals surface area (Å²) in [6.07, 6.45) is 7.67. The Morgan fingerprint density at radius 2 is 1.69 bits per heavy atom. The first-order valence-electron chi connectivity index (χ1n) is 11.0. The number of aryl methyl sites for hydroxylation is 1. The van der Waals surface area contributed by atoms with Crippen LogP contribution in [0.2, 0.25) is 0 Å². The standard InChI is InChI=1S/C24H31BrN2O4S/c1-18-10-12-20(13-11-18)27(17-24(28)26-19-8-6-4-3-5-7-9-19)32(29,30)21-14-15-23(31-2)22(25)16-21/h10-16,19H,3-9,17H2,1-2H3,(H,26,28). The summed E-state index contributed by atoms with van der Waals surface area (Å²) in [4.78, 5) is 13.0. The van der Waals surface area contributed by atoms with Gasteiger partial charge in [0.25, 0.3) is 10.0 Å². The predicted molar refractivity (Wildman–Crippen MR) is 131 cm³/mol. The van der Waals surface area contributed by atoms with Gasteiger partial charge >= 0.3 is 0 Å². The zero-order chi connectivity index (χ0) is 23.1. The third-order valence-electron chi connectivity index (χ3n) is 5.79. The number of hydrogen-bond donors (Lipinski definition) is 1. The first-order valence-corrected chi connectivity index (χ1v) is 13.3. The molecule has 2 aromatic rings. The number of rotatable bonds is 7. The van der Waals surface area contributed by atoms with Gasteiger partial charge in [-0.2, -0.15) is 0 Å². The fourth-order valence-electron chi connectivity index (χ4n) is 3.97. The van der Waals surface area contributed by atoms with Crippen molar-refractivity contribution < 1.29 is 17.9 Å². The van der Waals surface area contributed by atoms with Gasteiger partial charge in [0.15, 0.2) is 0 Å². The second kappa shape index (κ2) is 11.2. The van der Waals surface area contributed by atoms with E-state index in [1.54, 1.807) is 18.2 Å². The molecule has 0 spiro atoms. The molecule has 1 N–H and O–H groups in total. The van der Waals surface area contributed by atoms with E-state index in [0.717, 1.165) is 31.2 Å². The average molecular weight is 523 g/mol. The molecule has 1 amide bonds. The quantitative estimate of drug-likeness (QED) is 0.542. The summed E-state index contributed by atoms with van der Waals surface area (Å²) in [6.45, 7) is 1.66. The predicted octanol–water partition coefficient (Wildman–Crippen LogP) is 5.19. The highest BCUT2D eigenvalue weighted by atomic mass is 79.9. The van der Waals surface area contributed by atoms with Crippen molar-refractivity contribution >= 4 is 37.5 Å². The van der Waals surface area contributed by atoms with Gasteiger partial charge in [0.05, 0.1) is 22.2 Å². The normalized spacial score (nSPS) is 15.5. The number of amides is 1. The van der Waals surface area contributed by atoms with Crippen LogP contribution in [0.3, 0.4) is 0 Å². The van der Waals surface area contributed by atoms with Crippen LogP contribution in [-0.4, -0.2) is 34.0 Å². The number of methoxy groups -OCH3 is 1. The third-order valence-corrected chi connectivity index (χ3v) is 8.18. The molecule has 0 radical (unpaired) electrons. The van der Waals surface area contributed by atoms with Gasteiger partial charge in [0, 0.05) is 6.04 Å². The number of hydrogen-bond acceptors (Lipinski definition) is 4. The second-order valence-corrected chi connectivity index (χ2v) is 11.0. The summed E-state index contributed by atoms with van der Waals surface area (Å²) in [5.41, 5.74) is 1.47. The Balaban J connectivity index is 1.87. The molecule has 0 saturated heterocycles. The van der Waals surface area contributed by atoms with E-state index in [2.05, 4.69) is 21.2 Å². The van der Waals surface area contributed by atoms with Gasteiger partial charge in [0.1, 0.15) is 12.3 Å². The Hall–Kier alpha value is -2.06. The number of benzene rings is 2. The highest BCUT2D eigenvalue weighted by Crippen LogP contribution is 2.31. The van der Waals surface area contributed by atoms with Crippen molar-refractivity contribution in [1.29, 1.82) is 0 Å². The molecule has 1 saturated carbocycles. The van der Waals surface area contributed by atoms with Gasteiger partial charge in [-0.15, -0.1) is 0 Å². The van der Waals surface area contributed by atoms with Crippen molar-refractivity contribution in [1.82, 2.24) is 5.32 Å². The molecule has 0 heterocycles. The van der Waals surface area contributed by atoms with E-state index < -0.39 is 10.0 Å². The van der Waals surface area contributed by atoms with Gasteiger partial charge in [-0.3, -0.25) is 9.10 Å². The molecule has 0 atom stereocenters. The van der Waals surface area contributed by atoms with Crippen LogP contribution in [0.1, 0.15) is 50.5 Å². The summed E-state index contributed by atoms with van der Waals surface area (Å²) >= 11 is 3.36. The van der Waals surface area contributed by atoms with E-state index in [9.17, 15) is 13.2 Å². The number of carbonyl (C=O) groups is 1. The molecule has 1 aliphatic rings. The van der Waals surface area contributed by atoms with Crippen molar-refractivity contribution in [2.45, 2.75) is 62.8 Å². The second-order valence-electron chi connectivity index (χ2n) is 8.25. The summed E-state index contributed by atoms with van der Waals surface area (Å²) in [5, 5.41) is 3.08. The maximum Gasteiger partial charge on any atom is 0.264 e. The molecule has 2 aromatic carbocycles. The zero-order valence-corrected chi connectivity index (χ0v) is 21.0. The average Bonchev–Trinajstić information content (AvgIpc) is 2.74. The molecule has 0 aliphatic heterocycles. The molecule has 1 aliphatic carbocycles. The summed E-state index contributed by atoms with van der Waals surface area (Å²) in [7, 11) is -2.46. The van der Waals surface area contributed by atoms with Crippen LogP contribution in [0.15, 0.2) is 51.8 Å². The Bertz CT molecular complexity index is 1020. The van der Waals surface area contributed by atoms with E-state index in [4.69, 9.17) is 4.74 Å². The largest absolute Gasteiger partial charge is 0.496 e. The van der Waals surface area contributed by atoms with Crippen LogP contribution in [0.5, 0.6) is 5.75 Å². The summed E-state index contributed by atoms with van der Waals surface area (Å²) in [5.74, 6) is 0.250. The van der Waals surface area contributed by atoms with E-state index in [-0.39, 0.29) is 23.4 Å². The van der Waals surface area contributed by atoms with E-state index >= 15 is 0 Å². The van der Waals surface area contributed by atoms with E-state index in [0.29, 0.717) is 15.9 Å². The molecule has 0 bridgehead atoms. The van der Waals surface area contributed by atoms with Crippen LogP contribution >= 0.6 is 15.9 Å². The molecule has 0 aromatic heterocycles. The summed E-state index contributed by atoms with van der Waals surface area (Å²) in [6, 6.07) is 11.8. The molecule has 3 rings (SSSR count). The Labute approximate surface area is 199 Å². The van der Waals surface area contributed by atoms with Gasteiger partial charge in [-0.05, 0) is 66.0 Å². The Kier molecular flexibility index (Phi) is 8.59. The van der Waals surface area contributed by atoms with Crippen molar-refractivity contribution in [3.05, 3.63) is 52.5 Å². The van der Waals surface area contributed by atoms with Crippen LogP contribution in [-0.2, 0) is 14.8 Å². The number of ether oxygens (including phenoxy) is 1. The van der Waals surface area contributed by atoms with Crippen molar-refractivity contribution in [2.75, 3.05) is 18.0 Å². The van der Waals surface area contributed by atoms with Gasteiger partial charge < -0.3 is 10.1 Å². The van der Waals surface area contributed by atoms with E-state index in [1.807, 2.05) is 19.1 Å².